The van der Waals surface area contributed by atoms with Gasteiger partial charge in [0.25, 0.3) is 5.91 Å². The van der Waals surface area contributed by atoms with Crippen molar-refractivity contribution >= 4 is 23.4 Å². The van der Waals surface area contributed by atoms with Crippen molar-refractivity contribution in [2.75, 3.05) is 18.4 Å². The average molecular weight is 417 g/mol. The Kier molecular flexibility index (Phi) is 6.88. The first-order chi connectivity index (χ1) is 14.7. The number of benzene rings is 3. The quantitative estimate of drug-likeness (QED) is 0.510. The molecule has 1 atom stereocenters. The van der Waals surface area contributed by atoms with E-state index < -0.39 is 0 Å². The first-order valence-electron chi connectivity index (χ1n) is 10.6. The minimum Gasteiger partial charge on any atom is -0.321 e. The van der Waals surface area contributed by atoms with Gasteiger partial charge in [-0.3, -0.25) is 9.69 Å². The van der Waals surface area contributed by atoms with Crippen LogP contribution in [0.5, 0.6) is 0 Å². The first-order valence-corrected chi connectivity index (χ1v) is 11.4. The monoisotopic (exact) mass is 416 g/mol. The molecule has 1 amide bonds. The molecule has 0 aliphatic carbocycles. The maximum atomic E-state index is 12.8. The highest BCUT2D eigenvalue weighted by molar-refractivity contribution is 7.99. The molecule has 0 radical (unpaired) electrons. The Morgan fingerprint density at radius 3 is 2.50 bits per heavy atom. The Morgan fingerprint density at radius 1 is 1.00 bits per heavy atom. The summed E-state index contributed by atoms with van der Waals surface area (Å²) in [7, 11) is 0. The topological polar surface area (TPSA) is 32.3 Å². The summed E-state index contributed by atoms with van der Waals surface area (Å²) in [5, 5.41) is 3.08. The Balaban J connectivity index is 1.40. The second-order valence-electron chi connectivity index (χ2n) is 8.04. The lowest BCUT2D eigenvalue weighted by molar-refractivity contribution is 0.102. The van der Waals surface area contributed by atoms with Gasteiger partial charge in [-0.15, -0.1) is 0 Å². The number of piperidine rings is 1. The second kappa shape index (κ2) is 9.96. The molecular formula is C26H28N2OS. The van der Waals surface area contributed by atoms with Crippen LogP contribution in [0.3, 0.4) is 0 Å². The minimum absolute atomic E-state index is 0.0748. The third-order valence-electron chi connectivity index (χ3n) is 5.47. The van der Waals surface area contributed by atoms with E-state index in [1.807, 2.05) is 54.6 Å². The van der Waals surface area contributed by atoms with Crippen molar-refractivity contribution in [3.05, 3.63) is 90.0 Å². The summed E-state index contributed by atoms with van der Waals surface area (Å²) in [6, 6.07) is 26.2. The Morgan fingerprint density at radius 2 is 1.73 bits per heavy atom. The molecular weight excluding hydrogens is 388 g/mol. The van der Waals surface area contributed by atoms with Gasteiger partial charge >= 0.3 is 0 Å². The van der Waals surface area contributed by atoms with Crippen LogP contribution >= 0.6 is 11.8 Å². The Labute approximate surface area is 183 Å². The minimum atomic E-state index is -0.0748. The normalized spacial score (nSPS) is 16.9. The average Bonchev–Trinajstić information content (AvgIpc) is 2.76. The number of likely N-dealkylation sites (tertiary alicyclic amines) is 1. The van der Waals surface area contributed by atoms with E-state index in [4.69, 9.17) is 0 Å². The molecule has 3 nitrogen and oxygen atoms in total. The van der Waals surface area contributed by atoms with Crippen LogP contribution < -0.4 is 5.32 Å². The fraction of sp³-hybridized carbons (Fsp3) is 0.269. The highest BCUT2D eigenvalue weighted by Crippen LogP contribution is 2.33. The molecule has 154 valence electrons. The summed E-state index contributed by atoms with van der Waals surface area (Å²) < 4.78 is 0. The van der Waals surface area contributed by atoms with Crippen molar-refractivity contribution in [3.63, 3.8) is 0 Å². The van der Waals surface area contributed by atoms with Crippen LogP contribution in [0.2, 0.25) is 0 Å². The molecule has 1 fully saturated rings. The number of para-hydroxylation sites is 1. The SMILES string of the molecule is C[C@H]1CCCN(Cc2ccc(C(=O)Nc3ccccc3Sc3ccccc3)cc2)C1. The molecule has 0 bridgehead atoms. The maximum absolute atomic E-state index is 12.8. The molecule has 3 aromatic rings. The fourth-order valence-corrected chi connectivity index (χ4v) is 4.84. The van der Waals surface area contributed by atoms with Crippen molar-refractivity contribution < 1.29 is 4.79 Å². The molecule has 1 aliphatic heterocycles. The van der Waals surface area contributed by atoms with Crippen LogP contribution in [0.4, 0.5) is 5.69 Å². The lowest BCUT2D eigenvalue weighted by atomic mass is 9.99. The second-order valence-corrected chi connectivity index (χ2v) is 9.16. The third-order valence-corrected chi connectivity index (χ3v) is 6.55. The predicted molar refractivity (Wildman–Crippen MR) is 125 cm³/mol. The van der Waals surface area contributed by atoms with Crippen molar-refractivity contribution in [1.29, 1.82) is 0 Å². The van der Waals surface area contributed by atoms with Crippen LogP contribution in [0.15, 0.2) is 88.7 Å². The number of hydrogen-bond donors (Lipinski definition) is 1. The van der Waals surface area contributed by atoms with E-state index in [-0.39, 0.29) is 5.91 Å². The fourth-order valence-electron chi connectivity index (χ4n) is 3.92. The van der Waals surface area contributed by atoms with Gasteiger partial charge in [0.05, 0.1) is 5.69 Å². The van der Waals surface area contributed by atoms with Crippen LogP contribution in [0, 0.1) is 5.92 Å². The van der Waals surface area contributed by atoms with Gasteiger partial charge in [-0.1, -0.05) is 61.2 Å². The maximum Gasteiger partial charge on any atom is 0.255 e. The summed E-state index contributed by atoms with van der Waals surface area (Å²) >= 11 is 1.65. The number of nitrogens with one attached hydrogen (secondary N) is 1. The van der Waals surface area contributed by atoms with Gasteiger partial charge in [-0.05, 0) is 67.3 Å². The van der Waals surface area contributed by atoms with E-state index in [1.165, 1.54) is 24.9 Å². The van der Waals surface area contributed by atoms with E-state index in [0.717, 1.165) is 34.5 Å². The lowest BCUT2D eigenvalue weighted by Crippen LogP contribution is -2.33. The summed E-state index contributed by atoms with van der Waals surface area (Å²) in [6.45, 7) is 5.62. The van der Waals surface area contributed by atoms with Crippen molar-refractivity contribution in [2.45, 2.75) is 36.1 Å². The van der Waals surface area contributed by atoms with Gasteiger partial charge in [0.1, 0.15) is 0 Å². The van der Waals surface area contributed by atoms with Gasteiger partial charge in [-0.25, -0.2) is 0 Å². The number of nitrogens with zero attached hydrogens (tertiary/aromatic N) is 1. The molecule has 4 heteroatoms. The van der Waals surface area contributed by atoms with Gasteiger partial charge in [0.2, 0.25) is 0 Å². The molecule has 0 spiro atoms. The summed E-state index contributed by atoms with van der Waals surface area (Å²) in [4.78, 5) is 17.5. The molecule has 1 aliphatic rings. The van der Waals surface area contributed by atoms with E-state index in [1.54, 1.807) is 11.8 Å². The standard InChI is InChI=1S/C26H28N2OS/c1-20-8-7-17-28(18-20)19-21-13-15-22(16-14-21)26(29)27-24-11-5-6-12-25(24)30-23-9-3-2-4-10-23/h2-6,9-16,20H,7-8,17-19H2,1H3,(H,27,29)/t20-/m0/s1. The van der Waals surface area contributed by atoms with Crippen molar-refractivity contribution in [3.8, 4) is 0 Å². The highest BCUT2D eigenvalue weighted by Gasteiger charge is 2.16. The number of carbonyl (C=O) groups excluding carboxylic acids is 1. The van der Waals surface area contributed by atoms with Gasteiger partial charge < -0.3 is 5.32 Å². The van der Waals surface area contributed by atoms with E-state index >= 15 is 0 Å². The van der Waals surface area contributed by atoms with Crippen molar-refractivity contribution in [2.24, 2.45) is 5.92 Å². The molecule has 0 aromatic heterocycles. The van der Waals surface area contributed by atoms with Gasteiger partial charge in [0.15, 0.2) is 0 Å². The smallest absolute Gasteiger partial charge is 0.255 e. The zero-order valence-electron chi connectivity index (χ0n) is 17.4. The zero-order chi connectivity index (χ0) is 20.8. The number of anilines is 1. The van der Waals surface area contributed by atoms with E-state index in [9.17, 15) is 4.79 Å². The first kappa shape index (κ1) is 20.7. The zero-order valence-corrected chi connectivity index (χ0v) is 18.2. The molecule has 1 N–H and O–H groups in total. The summed E-state index contributed by atoms with van der Waals surface area (Å²) in [6.07, 6.45) is 2.61. The largest absolute Gasteiger partial charge is 0.321 e. The summed E-state index contributed by atoms with van der Waals surface area (Å²) in [5.41, 5.74) is 2.79. The molecule has 4 rings (SSSR count). The molecule has 30 heavy (non-hydrogen) atoms. The third kappa shape index (κ3) is 5.53. The van der Waals surface area contributed by atoms with Crippen LogP contribution in [-0.2, 0) is 6.54 Å². The molecule has 0 unspecified atom stereocenters. The van der Waals surface area contributed by atoms with Crippen molar-refractivity contribution in [1.82, 2.24) is 4.90 Å². The van der Waals surface area contributed by atoms with Crippen LogP contribution in [-0.4, -0.2) is 23.9 Å². The molecule has 1 heterocycles. The molecule has 1 saturated heterocycles. The Hall–Kier alpha value is -2.56. The van der Waals surface area contributed by atoms with Crippen LogP contribution in [0.1, 0.15) is 35.7 Å². The number of hydrogen-bond acceptors (Lipinski definition) is 3. The highest BCUT2D eigenvalue weighted by atomic mass is 32.2. The summed E-state index contributed by atoms with van der Waals surface area (Å²) in [5.74, 6) is 0.701. The van der Waals surface area contributed by atoms with E-state index in [2.05, 4.69) is 41.4 Å². The lowest BCUT2D eigenvalue weighted by Gasteiger charge is -2.30. The van der Waals surface area contributed by atoms with Crippen LogP contribution in [0.25, 0.3) is 0 Å². The molecule has 0 saturated carbocycles. The number of amides is 1. The van der Waals surface area contributed by atoms with Gasteiger partial charge in [-0.2, -0.15) is 0 Å². The van der Waals surface area contributed by atoms with E-state index in [0.29, 0.717) is 5.56 Å². The number of rotatable bonds is 6. The molecule has 3 aromatic carbocycles. The Bertz CT molecular complexity index is 972. The number of carbonyl (C=O) groups is 1. The van der Waals surface area contributed by atoms with Gasteiger partial charge in [0, 0.05) is 28.4 Å². The predicted octanol–water partition coefficient (Wildman–Crippen LogP) is 6.32.